The van der Waals surface area contributed by atoms with Gasteiger partial charge in [0.05, 0.1) is 12.6 Å². The van der Waals surface area contributed by atoms with Gasteiger partial charge in [-0.1, -0.05) is 44.2 Å². The molecule has 4 heteroatoms. The van der Waals surface area contributed by atoms with E-state index in [2.05, 4.69) is 43.2 Å². The summed E-state index contributed by atoms with van der Waals surface area (Å²) in [6.07, 6.45) is 1.29. The van der Waals surface area contributed by atoms with E-state index in [4.69, 9.17) is 4.74 Å². The highest BCUT2D eigenvalue weighted by molar-refractivity contribution is 5.79. The van der Waals surface area contributed by atoms with Crippen LogP contribution in [0, 0.1) is 5.92 Å². The van der Waals surface area contributed by atoms with Crippen LogP contribution in [0.25, 0.3) is 0 Å². The molecule has 1 rings (SSSR count). The van der Waals surface area contributed by atoms with E-state index in [-0.39, 0.29) is 0 Å². The molecule has 0 spiro atoms. The summed E-state index contributed by atoms with van der Waals surface area (Å²) in [5.74, 6) is 1.45. The van der Waals surface area contributed by atoms with Crippen molar-refractivity contribution in [3.8, 4) is 0 Å². The SMILES string of the molecule is CCOC(CCNC(=NCc1ccccc1)N(C)C)C(C)C. The van der Waals surface area contributed by atoms with Gasteiger partial charge in [0.2, 0.25) is 0 Å². The summed E-state index contributed by atoms with van der Waals surface area (Å²) in [5, 5.41) is 3.43. The van der Waals surface area contributed by atoms with Gasteiger partial charge in [-0.05, 0) is 24.8 Å². The Morgan fingerprint density at radius 2 is 1.91 bits per heavy atom. The van der Waals surface area contributed by atoms with Crippen molar-refractivity contribution in [2.75, 3.05) is 27.2 Å². The van der Waals surface area contributed by atoms with Crippen LogP contribution in [-0.2, 0) is 11.3 Å². The fourth-order valence-corrected chi connectivity index (χ4v) is 2.25. The Hall–Kier alpha value is -1.55. The highest BCUT2D eigenvalue weighted by atomic mass is 16.5. The first kappa shape index (κ1) is 18.5. The van der Waals surface area contributed by atoms with Crippen LogP contribution < -0.4 is 5.32 Å². The van der Waals surface area contributed by atoms with Crippen LogP contribution in [-0.4, -0.2) is 44.2 Å². The maximum Gasteiger partial charge on any atom is 0.193 e. The second kappa shape index (κ2) is 10.2. The van der Waals surface area contributed by atoms with Crippen LogP contribution in [0.2, 0.25) is 0 Å². The van der Waals surface area contributed by atoms with Gasteiger partial charge in [0.15, 0.2) is 5.96 Å². The largest absolute Gasteiger partial charge is 0.378 e. The number of hydrogen-bond acceptors (Lipinski definition) is 2. The molecular formula is C18H31N3O. The lowest BCUT2D eigenvalue weighted by Crippen LogP contribution is -2.38. The molecule has 1 aromatic rings. The van der Waals surface area contributed by atoms with Gasteiger partial charge in [0, 0.05) is 27.2 Å². The lowest BCUT2D eigenvalue weighted by atomic mass is 10.0. The van der Waals surface area contributed by atoms with Gasteiger partial charge in [-0.2, -0.15) is 0 Å². The molecule has 0 saturated heterocycles. The molecule has 1 aromatic carbocycles. The van der Waals surface area contributed by atoms with E-state index in [0.717, 1.165) is 25.5 Å². The zero-order valence-corrected chi connectivity index (χ0v) is 14.7. The van der Waals surface area contributed by atoms with Crippen LogP contribution in [0.5, 0.6) is 0 Å². The van der Waals surface area contributed by atoms with Crippen molar-refractivity contribution in [3.05, 3.63) is 35.9 Å². The Morgan fingerprint density at radius 3 is 2.45 bits per heavy atom. The first-order valence-corrected chi connectivity index (χ1v) is 8.15. The summed E-state index contributed by atoms with van der Waals surface area (Å²) in [7, 11) is 4.03. The molecule has 0 amide bonds. The number of benzene rings is 1. The van der Waals surface area contributed by atoms with Crippen molar-refractivity contribution in [3.63, 3.8) is 0 Å². The highest BCUT2D eigenvalue weighted by Crippen LogP contribution is 2.10. The molecule has 124 valence electrons. The molecule has 0 aliphatic heterocycles. The van der Waals surface area contributed by atoms with E-state index in [1.807, 2.05) is 37.2 Å². The summed E-state index contributed by atoms with van der Waals surface area (Å²) >= 11 is 0. The molecule has 0 saturated carbocycles. The van der Waals surface area contributed by atoms with Gasteiger partial charge >= 0.3 is 0 Å². The fourth-order valence-electron chi connectivity index (χ4n) is 2.25. The third kappa shape index (κ3) is 6.94. The highest BCUT2D eigenvalue weighted by Gasteiger charge is 2.13. The Bertz CT molecular complexity index is 429. The van der Waals surface area contributed by atoms with E-state index in [1.165, 1.54) is 5.56 Å². The van der Waals surface area contributed by atoms with Gasteiger partial charge in [-0.25, -0.2) is 4.99 Å². The molecular weight excluding hydrogens is 274 g/mol. The third-order valence-corrected chi connectivity index (χ3v) is 3.51. The van der Waals surface area contributed by atoms with Gasteiger partial charge in [0.1, 0.15) is 0 Å². The van der Waals surface area contributed by atoms with Crippen molar-refractivity contribution < 1.29 is 4.74 Å². The summed E-state index contributed by atoms with van der Waals surface area (Å²) in [4.78, 5) is 6.69. The second-order valence-electron chi connectivity index (χ2n) is 5.97. The summed E-state index contributed by atoms with van der Waals surface area (Å²) in [6.45, 7) is 8.79. The van der Waals surface area contributed by atoms with Gasteiger partial charge in [0.25, 0.3) is 0 Å². The maximum atomic E-state index is 5.78. The minimum Gasteiger partial charge on any atom is -0.378 e. The molecule has 1 N–H and O–H groups in total. The lowest BCUT2D eigenvalue weighted by Gasteiger charge is -2.23. The predicted octanol–water partition coefficient (Wildman–Crippen LogP) is 3.15. The first-order valence-electron chi connectivity index (χ1n) is 8.15. The van der Waals surface area contributed by atoms with Crippen LogP contribution in [0.1, 0.15) is 32.8 Å². The van der Waals surface area contributed by atoms with Crippen LogP contribution >= 0.6 is 0 Å². The zero-order valence-electron chi connectivity index (χ0n) is 14.7. The summed E-state index contributed by atoms with van der Waals surface area (Å²) in [6, 6.07) is 10.3. The standard InChI is InChI=1S/C18H31N3O/c1-6-22-17(15(2)3)12-13-19-18(21(4)5)20-14-16-10-8-7-9-11-16/h7-11,15,17H,6,12-14H2,1-5H3,(H,19,20). The van der Waals surface area contributed by atoms with Crippen LogP contribution in [0.4, 0.5) is 0 Å². The van der Waals surface area contributed by atoms with E-state index < -0.39 is 0 Å². The first-order chi connectivity index (χ1) is 10.5. The molecule has 1 unspecified atom stereocenters. The number of nitrogens with zero attached hydrogens (tertiary/aromatic N) is 2. The number of aliphatic imine (C=N–C) groups is 1. The number of guanidine groups is 1. The fraction of sp³-hybridized carbons (Fsp3) is 0.611. The minimum atomic E-state index is 0.301. The average Bonchev–Trinajstić information content (AvgIpc) is 2.50. The van der Waals surface area contributed by atoms with E-state index >= 15 is 0 Å². The third-order valence-electron chi connectivity index (χ3n) is 3.51. The molecule has 0 aliphatic rings. The van der Waals surface area contributed by atoms with Gasteiger partial charge < -0.3 is 15.0 Å². The van der Waals surface area contributed by atoms with Gasteiger partial charge in [-0.15, -0.1) is 0 Å². The average molecular weight is 305 g/mol. The van der Waals surface area contributed by atoms with E-state index in [9.17, 15) is 0 Å². The van der Waals surface area contributed by atoms with Crippen LogP contribution in [0.3, 0.4) is 0 Å². The van der Waals surface area contributed by atoms with Crippen molar-refractivity contribution in [2.45, 2.75) is 39.8 Å². The molecule has 1 atom stereocenters. The maximum absolute atomic E-state index is 5.78. The summed E-state index contributed by atoms with van der Waals surface area (Å²) in [5.41, 5.74) is 1.22. The van der Waals surface area contributed by atoms with Crippen molar-refractivity contribution in [1.82, 2.24) is 10.2 Å². The quantitative estimate of drug-likeness (QED) is 0.592. The number of nitrogens with one attached hydrogen (secondary N) is 1. The number of rotatable bonds is 8. The molecule has 4 nitrogen and oxygen atoms in total. The second-order valence-corrected chi connectivity index (χ2v) is 5.97. The van der Waals surface area contributed by atoms with Crippen molar-refractivity contribution in [1.29, 1.82) is 0 Å². The molecule has 0 bridgehead atoms. The lowest BCUT2D eigenvalue weighted by molar-refractivity contribution is 0.0257. The molecule has 22 heavy (non-hydrogen) atoms. The Kier molecular flexibility index (Phi) is 8.60. The predicted molar refractivity (Wildman–Crippen MR) is 94.1 cm³/mol. The van der Waals surface area contributed by atoms with E-state index in [1.54, 1.807) is 0 Å². The zero-order chi connectivity index (χ0) is 16.4. The Balaban J connectivity index is 2.50. The Morgan fingerprint density at radius 1 is 1.23 bits per heavy atom. The smallest absolute Gasteiger partial charge is 0.193 e. The minimum absolute atomic E-state index is 0.301. The molecule has 0 aliphatic carbocycles. The van der Waals surface area contributed by atoms with Gasteiger partial charge in [-0.3, -0.25) is 0 Å². The van der Waals surface area contributed by atoms with Crippen molar-refractivity contribution in [2.24, 2.45) is 10.9 Å². The molecule has 0 radical (unpaired) electrons. The monoisotopic (exact) mass is 305 g/mol. The number of hydrogen-bond donors (Lipinski definition) is 1. The van der Waals surface area contributed by atoms with Crippen molar-refractivity contribution >= 4 is 5.96 Å². The van der Waals surface area contributed by atoms with E-state index in [0.29, 0.717) is 18.6 Å². The molecule has 0 heterocycles. The molecule has 0 aromatic heterocycles. The topological polar surface area (TPSA) is 36.9 Å². The number of ether oxygens (including phenoxy) is 1. The summed E-state index contributed by atoms with van der Waals surface area (Å²) < 4.78 is 5.78. The normalized spacial score (nSPS) is 13.3. The van der Waals surface area contributed by atoms with Crippen LogP contribution in [0.15, 0.2) is 35.3 Å². The Labute approximate surface area is 135 Å². The molecule has 0 fully saturated rings.